The molecule has 0 amide bonds. The van der Waals surface area contributed by atoms with Gasteiger partial charge in [0.25, 0.3) is 0 Å². The van der Waals surface area contributed by atoms with Crippen molar-refractivity contribution in [3.8, 4) is 0 Å². The van der Waals surface area contributed by atoms with Crippen molar-refractivity contribution >= 4 is 11.9 Å². The monoisotopic (exact) mass is 240 g/mol. The van der Waals surface area contributed by atoms with Gasteiger partial charge < -0.3 is 9.47 Å². The first kappa shape index (κ1) is 15.5. The van der Waals surface area contributed by atoms with E-state index in [1.54, 1.807) is 13.8 Å². The van der Waals surface area contributed by atoms with Gasteiger partial charge in [-0.25, -0.2) is 9.59 Å². The van der Waals surface area contributed by atoms with E-state index in [4.69, 9.17) is 9.47 Å². The standard InChI is InChI=1S/C13H20O4/c1-5-16-12(14)8-7-11(9-10(3)4)13(15)17-6-2/h8,10H,5-6,9H2,1-4H3. The summed E-state index contributed by atoms with van der Waals surface area (Å²) in [4.78, 5) is 22.7. The Morgan fingerprint density at radius 2 is 1.76 bits per heavy atom. The second kappa shape index (κ2) is 8.59. The van der Waals surface area contributed by atoms with E-state index in [0.717, 1.165) is 6.08 Å². The molecule has 0 unspecified atom stereocenters. The fourth-order valence-electron chi connectivity index (χ4n) is 1.16. The molecule has 0 bridgehead atoms. The second-order valence-electron chi connectivity index (χ2n) is 3.84. The van der Waals surface area contributed by atoms with Gasteiger partial charge in [-0.15, -0.1) is 5.73 Å². The summed E-state index contributed by atoms with van der Waals surface area (Å²) in [6.07, 6.45) is 1.66. The van der Waals surface area contributed by atoms with Crippen molar-refractivity contribution in [1.29, 1.82) is 0 Å². The lowest BCUT2D eigenvalue weighted by Gasteiger charge is -2.06. The molecular formula is C13H20O4. The van der Waals surface area contributed by atoms with Gasteiger partial charge in [-0.3, -0.25) is 0 Å². The average Bonchev–Trinajstić information content (AvgIpc) is 2.24. The zero-order valence-electron chi connectivity index (χ0n) is 10.9. The third-order valence-corrected chi connectivity index (χ3v) is 1.79. The van der Waals surface area contributed by atoms with E-state index in [1.165, 1.54) is 0 Å². The Bertz CT molecular complexity index is 322. The molecule has 0 aromatic heterocycles. The quantitative estimate of drug-likeness (QED) is 0.406. The smallest absolute Gasteiger partial charge is 0.341 e. The molecular weight excluding hydrogens is 220 g/mol. The lowest BCUT2D eigenvalue weighted by atomic mass is 10.0. The lowest BCUT2D eigenvalue weighted by molar-refractivity contribution is -0.138. The van der Waals surface area contributed by atoms with E-state index in [-0.39, 0.29) is 5.92 Å². The summed E-state index contributed by atoms with van der Waals surface area (Å²) in [6.45, 7) is 8.02. The molecule has 0 rings (SSSR count). The van der Waals surface area contributed by atoms with Crippen LogP contribution < -0.4 is 0 Å². The van der Waals surface area contributed by atoms with Gasteiger partial charge in [0, 0.05) is 0 Å². The number of esters is 2. The molecule has 0 radical (unpaired) electrons. The van der Waals surface area contributed by atoms with Crippen LogP contribution in [0.15, 0.2) is 17.4 Å². The molecule has 0 saturated heterocycles. The van der Waals surface area contributed by atoms with Crippen LogP contribution in [0.4, 0.5) is 0 Å². The minimum atomic E-state index is -0.502. The van der Waals surface area contributed by atoms with E-state index in [9.17, 15) is 9.59 Å². The van der Waals surface area contributed by atoms with Gasteiger partial charge in [0.1, 0.15) is 0 Å². The number of ether oxygens (including phenoxy) is 2. The van der Waals surface area contributed by atoms with Gasteiger partial charge in [-0.2, -0.15) is 0 Å². The SMILES string of the molecule is CCOC(=O)C=C=C(CC(C)C)C(=O)OCC. The van der Waals surface area contributed by atoms with Crippen LogP contribution in [0.5, 0.6) is 0 Å². The van der Waals surface area contributed by atoms with Crippen molar-refractivity contribution < 1.29 is 19.1 Å². The van der Waals surface area contributed by atoms with Crippen LogP contribution in [0, 0.1) is 5.92 Å². The summed E-state index contributed by atoms with van der Waals surface area (Å²) < 4.78 is 9.60. The molecule has 0 aromatic carbocycles. The average molecular weight is 240 g/mol. The predicted octanol–water partition coefficient (Wildman–Crippen LogP) is 2.24. The van der Waals surface area contributed by atoms with E-state index < -0.39 is 11.9 Å². The highest BCUT2D eigenvalue weighted by Gasteiger charge is 2.11. The molecule has 4 heteroatoms. The van der Waals surface area contributed by atoms with Gasteiger partial charge in [-0.05, 0) is 26.2 Å². The zero-order valence-corrected chi connectivity index (χ0v) is 10.9. The van der Waals surface area contributed by atoms with Crippen LogP contribution in [0.25, 0.3) is 0 Å². The fourth-order valence-corrected chi connectivity index (χ4v) is 1.16. The van der Waals surface area contributed by atoms with Crippen molar-refractivity contribution in [3.05, 3.63) is 17.4 Å². The Kier molecular flexibility index (Phi) is 7.82. The number of hydrogen-bond acceptors (Lipinski definition) is 4. The molecule has 0 atom stereocenters. The summed E-state index contributed by atoms with van der Waals surface area (Å²) in [7, 11) is 0. The Morgan fingerprint density at radius 1 is 1.18 bits per heavy atom. The van der Waals surface area contributed by atoms with Crippen LogP contribution in [-0.4, -0.2) is 25.2 Å². The summed E-state index contributed by atoms with van der Waals surface area (Å²) in [6, 6.07) is 0. The van der Waals surface area contributed by atoms with Crippen LogP contribution in [0.1, 0.15) is 34.1 Å². The zero-order chi connectivity index (χ0) is 13.3. The van der Waals surface area contributed by atoms with Crippen molar-refractivity contribution in [2.24, 2.45) is 5.92 Å². The molecule has 17 heavy (non-hydrogen) atoms. The summed E-state index contributed by atoms with van der Waals surface area (Å²) in [5.41, 5.74) is 3.03. The first-order chi connectivity index (χ1) is 8.01. The van der Waals surface area contributed by atoms with Gasteiger partial charge in [0.15, 0.2) is 0 Å². The number of rotatable bonds is 6. The minimum Gasteiger partial charge on any atom is -0.462 e. The van der Waals surface area contributed by atoms with Crippen molar-refractivity contribution in [1.82, 2.24) is 0 Å². The maximum Gasteiger partial charge on any atom is 0.341 e. The Balaban J connectivity index is 4.83. The first-order valence-electron chi connectivity index (χ1n) is 5.80. The molecule has 0 aliphatic carbocycles. The topological polar surface area (TPSA) is 52.6 Å². The number of carbonyl (C=O) groups is 2. The molecule has 0 heterocycles. The first-order valence-corrected chi connectivity index (χ1v) is 5.80. The van der Waals surface area contributed by atoms with Crippen LogP contribution >= 0.6 is 0 Å². The van der Waals surface area contributed by atoms with Gasteiger partial charge in [-0.1, -0.05) is 13.8 Å². The van der Waals surface area contributed by atoms with E-state index >= 15 is 0 Å². The Morgan fingerprint density at radius 3 is 2.24 bits per heavy atom. The molecule has 0 aliphatic heterocycles. The summed E-state index contributed by atoms with van der Waals surface area (Å²) in [5, 5.41) is 0. The summed E-state index contributed by atoms with van der Waals surface area (Å²) in [5.74, 6) is -0.641. The van der Waals surface area contributed by atoms with Crippen LogP contribution in [0.3, 0.4) is 0 Å². The molecule has 0 spiro atoms. The maximum absolute atomic E-state index is 11.6. The highest BCUT2D eigenvalue weighted by Crippen LogP contribution is 2.11. The van der Waals surface area contributed by atoms with Crippen molar-refractivity contribution in [2.45, 2.75) is 34.1 Å². The minimum absolute atomic E-state index is 0.289. The molecule has 0 aromatic rings. The number of hydrogen-bond donors (Lipinski definition) is 0. The second-order valence-corrected chi connectivity index (χ2v) is 3.84. The lowest BCUT2D eigenvalue weighted by Crippen LogP contribution is -2.09. The maximum atomic E-state index is 11.6. The van der Waals surface area contributed by atoms with Gasteiger partial charge >= 0.3 is 11.9 Å². The molecule has 0 fully saturated rings. The molecule has 0 saturated carbocycles. The van der Waals surface area contributed by atoms with E-state index in [0.29, 0.717) is 25.2 Å². The normalized spacial score (nSPS) is 9.47. The van der Waals surface area contributed by atoms with Gasteiger partial charge in [0.05, 0.1) is 24.9 Å². The molecule has 96 valence electrons. The highest BCUT2D eigenvalue weighted by atomic mass is 16.5. The molecule has 0 N–H and O–H groups in total. The van der Waals surface area contributed by atoms with E-state index in [2.05, 4.69) is 5.73 Å². The van der Waals surface area contributed by atoms with Crippen LogP contribution in [0.2, 0.25) is 0 Å². The largest absolute Gasteiger partial charge is 0.462 e. The van der Waals surface area contributed by atoms with Gasteiger partial charge in [0.2, 0.25) is 0 Å². The fraction of sp³-hybridized carbons (Fsp3) is 0.615. The number of carbonyl (C=O) groups excluding carboxylic acids is 2. The van der Waals surface area contributed by atoms with Crippen molar-refractivity contribution in [2.75, 3.05) is 13.2 Å². The highest BCUT2D eigenvalue weighted by molar-refractivity contribution is 5.90. The van der Waals surface area contributed by atoms with Crippen LogP contribution in [-0.2, 0) is 19.1 Å². The third-order valence-electron chi connectivity index (χ3n) is 1.79. The Hall–Kier alpha value is -1.54. The molecule has 0 aliphatic rings. The van der Waals surface area contributed by atoms with E-state index in [1.807, 2.05) is 13.8 Å². The molecule has 4 nitrogen and oxygen atoms in total. The van der Waals surface area contributed by atoms with Crippen molar-refractivity contribution in [3.63, 3.8) is 0 Å². The summed E-state index contributed by atoms with van der Waals surface area (Å²) >= 11 is 0. The third kappa shape index (κ3) is 7.36. The predicted molar refractivity (Wildman–Crippen MR) is 64.3 cm³/mol. The Labute approximate surface area is 102 Å².